The first kappa shape index (κ1) is 21.9. The zero-order chi connectivity index (χ0) is 21.6. The van der Waals surface area contributed by atoms with Gasteiger partial charge < -0.3 is 4.18 Å². The normalized spacial score (nSPS) is 15.4. The number of nitrogens with zero attached hydrogens (tertiary/aromatic N) is 2. The molecule has 0 aliphatic carbocycles. The molecule has 0 spiro atoms. The number of carbonyl (C=O) groups is 1. The molecule has 1 aromatic heterocycles. The van der Waals surface area contributed by atoms with Gasteiger partial charge in [0.25, 0.3) is 0 Å². The number of benzene rings is 1. The predicted octanol–water partition coefficient (Wildman–Crippen LogP) is 4.25. The average molecular weight is 437 g/mol. The highest BCUT2D eigenvalue weighted by atomic mass is 32.2. The summed E-state index contributed by atoms with van der Waals surface area (Å²) in [7, 11) is -3.79. The Morgan fingerprint density at radius 2 is 1.97 bits per heavy atom. The third kappa shape index (κ3) is 3.97. The molecule has 8 heteroatoms. The lowest BCUT2D eigenvalue weighted by molar-refractivity contribution is 0.103. The first-order valence-electron chi connectivity index (χ1n) is 9.82. The molecule has 0 amide bonds. The number of hydrogen-bond acceptors (Lipinski definition) is 6. The molecule has 2 aromatic rings. The maximum atomic E-state index is 13.5. The second kappa shape index (κ2) is 7.80. The second-order valence-corrected chi connectivity index (χ2v) is 10.8. The van der Waals surface area contributed by atoms with E-state index >= 15 is 0 Å². The molecule has 0 atom stereocenters. The van der Waals surface area contributed by atoms with Crippen molar-refractivity contribution in [1.29, 1.82) is 0 Å². The number of aryl methyl sites for hydroxylation is 2. The maximum Gasteiger partial charge on any atom is 0.310 e. The van der Waals surface area contributed by atoms with E-state index in [1.807, 2.05) is 38.6 Å². The summed E-state index contributed by atoms with van der Waals surface area (Å²) in [6.07, 6.45) is 1.84. The van der Waals surface area contributed by atoms with Crippen LogP contribution in [0, 0.1) is 13.8 Å². The Labute approximate surface area is 177 Å². The first-order chi connectivity index (χ1) is 13.5. The summed E-state index contributed by atoms with van der Waals surface area (Å²) in [6.45, 7) is 12.3. The van der Waals surface area contributed by atoms with Gasteiger partial charge in [-0.1, -0.05) is 20.8 Å². The Hall–Kier alpha value is -1.80. The summed E-state index contributed by atoms with van der Waals surface area (Å²) in [6, 6.07) is 1.90. The van der Waals surface area contributed by atoms with E-state index in [9.17, 15) is 13.2 Å². The molecule has 0 radical (unpaired) electrons. The molecule has 2 heterocycles. The van der Waals surface area contributed by atoms with E-state index in [1.165, 1.54) is 21.3 Å². The lowest BCUT2D eigenvalue weighted by Crippen LogP contribution is -2.20. The van der Waals surface area contributed by atoms with Gasteiger partial charge in [-0.2, -0.15) is 13.5 Å². The smallest absolute Gasteiger partial charge is 0.310 e. The third-order valence-corrected chi connectivity index (χ3v) is 8.22. The highest BCUT2D eigenvalue weighted by Crippen LogP contribution is 2.48. The van der Waals surface area contributed by atoms with Crippen molar-refractivity contribution in [2.45, 2.75) is 64.8 Å². The van der Waals surface area contributed by atoms with Gasteiger partial charge in [0.1, 0.15) is 5.56 Å². The average Bonchev–Trinajstić information content (AvgIpc) is 3.17. The van der Waals surface area contributed by atoms with Gasteiger partial charge in [0, 0.05) is 28.2 Å². The second-order valence-electron chi connectivity index (χ2n) is 8.10. The molecule has 0 saturated heterocycles. The Bertz CT molecular complexity index is 1070. The van der Waals surface area contributed by atoms with E-state index in [-0.39, 0.29) is 28.4 Å². The molecule has 1 aliphatic heterocycles. The van der Waals surface area contributed by atoms with Crippen LogP contribution in [0.2, 0.25) is 0 Å². The molecule has 0 fully saturated rings. The van der Waals surface area contributed by atoms with Crippen molar-refractivity contribution in [1.82, 2.24) is 9.78 Å². The van der Waals surface area contributed by atoms with Crippen molar-refractivity contribution in [3.8, 4) is 5.88 Å². The minimum atomic E-state index is -3.79. The Kier molecular flexibility index (Phi) is 5.89. The fourth-order valence-electron chi connectivity index (χ4n) is 3.85. The van der Waals surface area contributed by atoms with Crippen LogP contribution in [0.25, 0.3) is 0 Å². The topological polar surface area (TPSA) is 78.3 Å². The number of aromatic nitrogens is 2. The van der Waals surface area contributed by atoms with Crippen LogP contribution in [0.5, 0.6) is 5.88 Å². The van der Waals surface area contributed by atoms with Gasteiger partial charge in [-0.25, -0.2) is 4.68 Å². The van der Waals surface area contributed by atoms with Gasteiger partial charge in [-0.15, -0.1) is 11.8 Å². The molecule has 0 N–H and O–H groups in total. The van der Waals surface area contributed by atoms with E-state index in [0.29, 0.717) is 18.5 Å². The van der Waals surface area contributed by atoms with Crippen LogP contribution >= 0.6 is 11.8 Å². The molecular formula is C21H28N2O4S2. The number of ketones is 1. The molecule has 3 rings (SSSR count). The van der Waals surface area contributed by atoms with E-state index in [2.05, 4.69) is 18.9 Å². The van der Waals surface area contributed by atoms with Gasteiger partial charge in [0.15, 0.2) is 5.78 Å². The number of thioether (sulfide) groups is 1. The highest BCUT2D eigenvalue weighted by Gasteiger charge is 2.36. The minimum absolute atomic E-state index is 0.00265. The summed E-state index contributed by atoms with van der Waals surface area (Å²) in [5.41, 5.74) is 3.94. The summed E-state index contributed by atoms with van der Waals surface area (Å²) in [4.78, 5) is 14.7. The Balaban J connectivity index is 2.12. The van der Waals surface area contributed by atoms with Gasteiger partial charge in [-0.3, -0.25) is 4.79 Å². The van der Waals surface area contributed by atoms with Crippen molar-refractivity contribution < 1.29 is 17.4 Å². The zero-order valence-electron chi connectivity index (χ0n) is 17.8. The van der Waals surface area contributed by atoms with Gasteiger partial charge in [-0.05, 0) is 49.9 Å². The van der Waals surface area contributed by atoms with Crippen LogP contribution in [0.15, 0.2) is 17.2 Å². The van der Waals surface area contributed by atoms with Crippen LogP contribution in [0.1, 0.15) is 66.7 Å². The van der Waals surface area contributed by atoms with Gasteiger partial charge in [0.05, 0.1) is 11.9 Å². The number of fused-ring (bicyclic) bond motifs is 1. The van der Waals surface area contributed by atoms with Gasteiger partial charge >= 0.3 is 10.1 Å². The molecule has 1 aromatic carbocycles. The van der Waals surface area contributed by atoms with Crippen LogP contribution < -0.4 is 4.18 Å². The molecular weight excluding hydrogens is 408 g/mol. The number of rotatable bonds is 7. The number of carbonyl (C=O) groups excluding carboxylic acids is 1. The largest absolute Gasteiger partial charge is 0.361 e. The third-order valence-electron chi connectivity index (χ3n) is 5.22. The quantitative estimate of drug-likeness (QED) is 0.477. The fraction of sp³-hybridized carbons (Fsp3) is 0.524. The molecule has 6 nitrogen and oxygen atoms in total. The number of hydrogen-bond donors (Lipinski definition) is 0. The fourth-order valence-corrected chi connectivity index (χ4v) is 6.36. The van der Waals surface area contributed by atoms with Crippen molar-refractivity contribution in [3.63, 3.8) is 0 Å². The van der Waals surface area contributed by atoms with Crippen LogP contribution in [0.3, 0.4) is 0 Å². The van der Waals surface area contributed by atoms with E-state index < -0.39 is 10.1 Å². The molecule has 0 saturated carbocycles. The first-order valence-corrected chi connectivity index (χ1v) is 12.4. The van der Waals surface area contributed by atoms with Crippen LogP contribution in [-0.2, 0) is 22.1 Å². The molecule has 29 heavy (non-hydrogen) atoms. The molecule has 158 valence electrons. The van der Waals surface area contributed by atoms with Gasteiger partial charge in [0.2, 0.25) is 5.88 Å². The van der Waals surface area contributed by atoms with Crippen LogP contribution in [-0.4, -0.2) is 35.5 Å². The minimum Gasteiger partial charge on any atom is -0.361 e. The Morgan fingerprint density at radius 3 is 2.59 bits per heavy atom. The van der Waals surface area contributed by atoms with Crippen molar-refractivity contribution >= 4 is 27.7 Å². The van der Waals surface area contributed by atoms with E-state index in [1.54, 1.807) is 6.92 Å². The zero-order valence-corrected chi connectivity index (χ0v) is 19.5. The molecule has 0 bridgehead atoms. The summed E-state index contributed by atoms with van der Waals surface area (Å²) < 4.78 is 31.3. The van der Waals surface area contributed by atoms with Crippen molar-refractivity contribution in [3.05, 3.63) is 40.1 Å². The predicted molar refractivity (Wildman–Crippen MR) is 116 cm³/mol. The van der Waals surface area contributed by atoms with Crippen LogP contribution in [0.4, 0.5) is 0 Å². The van der Waals surface area contributed by atoms with Crippen molar-refractivity contribution in [2.24, 2.45) is 0 Å². The summed E-state index contributed by atoms with van der Waals surface area (Å²) >= 11 is 1.82. The Morgan fingerprint density at radius 1 is 1.28 bits per heavy atom. The monoisotopic (exact) mass is 436 g/mol. The van der Waals surface area contributed by atoms with E-state index in [4.69, 9.17) is 4.18 Å². The van der Waals surface area contributed by atoms with Crippen molar-refractivity contribution in [2.75, 3.05) is 11.5 Å². The maximum absolute atomic E-state index is 13.5. The summed E-state index contributed by atoms with van der Waals surface area (Å²) in [5, 5.41) is 4.18. The lowest BCUT2D eigenvalue weighted by Gasteiger charge is -2.22. The molecule has 1 aliphatic rings. The highest BCUT2D eigenvalue weighted by molar-refractivity contribution is 7.99. The standard InChI is InChI=1S/C21H28N2O4S2/c1-7-9-29(25,26)27-20-16(11-22-23(20)8-2)18(24)15-10-13(3)19-17(14(15)4)21(5,6)12-28-19/h10-11H,7-9,12H2,1-6H3. The SMILES string of the molecule is CCCS(=O)(=O)Oc1c(C(=O)c2cc(C)c3c(c2C)C(C)(C)CS3)cnn1CC. The van der Waals surface area contributed by atoms with E-state index in [0.717, 1.165) is 16.9 Å². The molecule has 0 unspecified atom stereocenters. The lowest BCUT2D eigenvalue weighted by atomic mass is 9.80. The summed E-state index contributed by atoms with van der Waals surface area (Å²) in [5.74, 6) is 0.594.